The highest BCUT2D eigenvalue weighted by Crippen LogP contribution is 2.11. The van der Waals surface area contributed by atoms with Crippen molar-refractivity contribution in [2.24, 2.45) is 0 Å². The molecule has 1 aromatic heterocycles. The summed E-state index contributed by atoms with van der Waals surface area (Å²) in [7, 11) is 0. The molecule has 3 aromatic rings. The summed E-state index contributed by atoms with van der Waals surface area (Å²) in [5, 5.41) is 0.902. The first-order chi connectivity index (χ1) is 11.1. The van der Waals surface area contributed by atoms with Crippen molar-refractivity contribution < 1.29 is 14.0 Å². The molecule has 0 aliphatic carbocycles. The van der Waals surface area contributed by atoms with E-state index in [9.17, 15) is 14.0 Å². The first kappa shape index (κ1) is 14.6. The molecule has 5 nitrogen and oxygen atoms in total. The molecule has 0 radical (unpaired) electrons. The number of fused-ring (bicyclic) bond motifs is 1. The number of hydrazine groups is 1. The normalized spacial score (nSPS) is 10.3. The van der Waals surface area contributed by atoms with Crippen molar-refractivity contribution in [3.8, 4) is 0 Å². The van der Waals surface area contributed by atoms with Gasteiger partial charge in [0.15, 0.2) is 0 Å². The third kappa shape index (κ3) is 3.16. The van der Waals surface area contributed by atoms with Crippen molar-refractivity contribution in [1.82, 2.24) is 15.8 Å². The zero-order chi connectivity index (χ0) is 16.2. The molecule has 6 heteroatoms. The Bertz CT molecular complexity index is 896. The van der Waals surface area contributed by atoms with Gasteiger partial charge in [-0.05, 0) is 24.3 Å². The molecular weight excluding hydrogens is 297 g/mol. The molecule has 3 rings (SSSR count). The molecule has 114 valence electrons. The molecule has 2 N–H and O–H groups in total. The van der Waals surface area contributed by atoms with E-state index in [0.29, 0.717) is 5.52 Å². The summed E-state index contributed by atoms with van der Waals surface area (Å²) in [6.45, 7) is 0. The average molecular weight is 309 g/mol. The van der Waals surface area contributed by atoms with Crippen LogP contribution < -0.4 is 10.9 Å². The highest BCUT2D eigenvalue weighted by molar-refractivity contribution is 5.99. The summed E-state index contributed by atoms with van der Waals surface area (Å²) in [4.78, 5) is 28.1. The van der Waals surface area contributed by atoms with Gasteiger partial charge in [0, 0.05) is 5.39 Å². The molecule has 2 amide bonds. The monoisotopic (exact) mass is 309 g/mol. The standard InChI is InChI=1S/C17H12FN3O2/c18-13-7-3-2-6-12(13)16(22)20-21-17(23)15-10-9-11-5-1-4-8-14(11)19-15/h1-10H,(H,20,22)(H,21,23). The van der Waals surface area contributed by atoms with Crippen LogP contribution >= 0.6 is 0 Å². The van der Waals surface area contributed by atoms with Gasteiger partial charge >= 0.3 is 0 Å². The van der Waals surface area contributed by atoms with Crippen LogP contribution in [0.2, 0.25) is 0 Å². The number of nitrogens with one attached hydrogen (secondary N) is 2. The first-order valence-corrected chi connectivity index (χ1v) is 6.86. The Labute approximate surface area is 131 Å². The number of carbonyl (C=O) groups excluding carboxylic acids is 2. The zero-order valence-electron chi connectivity index (χ0n) is 11.9. The summed E-state index contributed by atoms with van der Waals surface area (Å²) in [6.07, 6.45) is 0. The SMILES string of the molecule is O=C(NNC(=O)c1ccccc1F)c1ccc2ccccc2n1. The lowest BCUT2D eigenvalue weighted by atomic mass is 10.2. The fraction of sp³-hybridized carbons (Fsp3) is 0. The van der Waals surface area contributed by atoms with Gasteiger partial charge < -0.3 is 0 Å². The van der Waals surface area contributed by atoms with E-state index in [-0.39, 0.29) is 11.3 Å². The number of carbonyl (C=O) groups is 2. The minimum absolute atomic E-state index is 0.150. The largest absolute Gasteiger partial charge is 0.288 e. The molecule has 0 fully saturated rings. The molecule has 0 atom stereocenters. The highest BCUT2D eigenvalue weighted by Gasteiger charge is 2.13. The Balaban J connectivity index is 1.71. The molecule has 0 aliphatic heterocycles. The Morgan fingerprint density at radius 1 is 0.826 bits per heavy atom. The quantitative estimate of drug-likeness (QED) is 0.714. The van der Waals surface area contributed by atoms with Gasteiger partial charge in [-0.3, -0.25) is 20.4 Å². The number of para-hydroxylation sites is 1. The average Bonchev–Trinajstić information content (AvgIpc) is 2.59. The number of aromatic nitrogens is 1. The predicted molar refractivity (Wildman–Crippen MR) is 83.1 cm³/mol. The van der Waals surface area contributed by atoms with E-state index in [1.807, 2.05) is 18.2 Å². The number of benzene rings is 2. The Kier molecular flexibility index (Phi) is 3.97. The second-order valence-corrected chi connectivity index (χ2v) is 4.78. The fourth-order valence-electron chi connectivity index (χ4n) is 2.08. The summed E-state index contributed by atoms with van der Waals surface area (Å²) in [5.41, 5.74) is 5.05. The third-order valence-corrected chi connectivity index (χ3v) is 3.24. The van der Waals surface area contributed by atoms with Gasteiger partial charge in [0.2, 0.25) is 0 Å². The van der Waals surface area contributed by atoms with E-state index < -0.39 is 17.6 Å². The van der Waals surface area contributed by atoms with Crippen LogP contribution in [0.5, 0.6) is 0 Å². The highest BCUT2D eigenvalue weighted by atomic mass is 19.1. The summed E-state index contributed by atoms with van der Waals surface area (Å²) in [5.74, 6) is -1.99. The van der Waals surface area contributed by atoms with Crippen LogP contribution in [-0.4, -0.2) is 16.8 Å². The van der Waals surface area contributed by atoms with E-state index in [4.69, 9.17) is 0 Å². The molecule has 2 aromatic carbocycles. The van der Waals surface area contributed by atoms with E-state index >= 15 is 0 Å². The van der Waals surface area contributed by atoms with E-state index in [2.05, 4.69) is 15.8 Å². The van der Waals surface area contributed by atoms with Crippen molar-refractivity contribution in [2.75, 3.05) is 0 Å². The molecule has 0 bridgehead atoms. The molecule has 0 saturated heterocycles. The smallest absolute Gasteiger partial charge is 0.267 e. The van der Waals surface area contributed by atoms with Crippen LogP contribution in [0.4, 0.5) is 4.39 Å². The number of rotatable bonds is 2. The van der Waals surface area contributed by atoms with E-state index in [1.54, 1.807) is 18.2 Å². The van der Waals surface area contributed by atoms with Crippen molar-refractivity contribution in [3.05, 3.63) is 77.7 Å². The van der Waals surface area contributed by atoms with Crippen LogP contribution in [-0.2, 0) is 0 Å². The van der Waals surface area contributed by atoms with Gasteiger partial charge in [-0.15, -0.1) is 0 Å². The summed E-state index contributed by atoms with van der Waals surface area (Å²) >= 11 is 0. The Morgan fingerprint density at radius 3 is 2.35 bits per heavy atom. The number of halogens is 1. The second kappa shape index (κ2) is 6.23. The third-order valence-electron chi connectivity index (χ3n) is 3.24. The fourth-order valence-corrected chi connectivity index (χ4v) is 2.08. The van der Waals surface area contributed by atoms with Gasteiger partial charge in [-0.1, -0.05) is 36.4 Å². The number of nitrogens with zero attached hydrogens (tertiary/aromatic N) is 1. The van der Waals surface area contributed by atoms with Crippen LogP contribution in [0.15, 0.2) is 60.7 Å². The lowest BCUT2D eigenvalue weighted by Gasteiger charge is -2.08. The van der Waals surface area contributed by atoms with Crippen LogP contribution in [0.3, 0.4) is 0 Å². The molecule has 0 spiro atoms. The van der Waals surface area contributed by atoms with Gasteiger partial charge in [0.1, 0.15) is 11.5 Å². The molecule has 0 unspecified atom stereocenters. The van der Waals surface area contributed by atoms with Gasteiger partial charge in [0.05, 0.1) is 11.1 Å². The molecule has 0 aliphatic rings. The number of amides is 2. The number of pyridine rings is 1. The van der Waals surface area contributed by atoms with Gasteiger partial charge in [0.25, 0.3) is 11.8 Å². The first-order valence-electron chi connectivity index (χ1n) is 6.86. The second-order valence-electron chi connectivity index (χ2n) is 4.78. The topological polar surface area (TPSA) is 71.1 Å². The molecular formula is C17H12FN3O2. The van der Waals surface area contributed by atoms with Crippen molar-refractivity contribution in [1.29, 1.82) is 0 Å². The van der Waals surface area contributed by atoms with Crippen LogP contribution in [0.25, 0.3) is 10.9 Å². The minimum Gasteiger partial charge on any atom is -0.267 e. The van der Waals surface area contributed by atoms with Gasteiger partial charge in [-0.2, -0.15) is 0 Å². The summed E-state index contributed by atoms with van der Waals surface area (Å²) < 4.78 is 13.5. The van der Waals surface area contributed by atoms with Crippen LogP contribution in [0.1, 0.15) is 20.8 Å². The maximum Gasteiger partial charge on any atom is 0.288 e. The zero-order valence-corrected chi connectivity index (χ0v) is 11.9. The van der Waals surface area contributed by atoms with Gasteiger partial charge in [-0.25, -0.2) is 9.37 Å². The number of hydrogen-bond donors (Lipinski definition) is 2. The lowest BCUT2D eigenvalue weighted by Crippen LogP contribution is -2.42. The van der Waals surface area contributed by atoms with Crippen molar-refractivity contribution in [3.63, 3.8) is 0 Å². The maximum absolute atomic E-state index is 13.5. The lowest BCUT2D eigenvalue weighted by molar-refractivity contribution is 0.0842. The molecule has 23 heavy (non-hydrogen) atoms. The summed E-state index contributed by atoms with van der Waals surface area (Å²) in [6, 6.07) is 16.2. The molecule has 1 heterocycles. The Hall–Kier alpha value is -3.28. The van der Waals surface area contributed by atoms with Crippen molar-refractivity contribution in [2.45, 2.75) is 0 Å². The number of hydrogen-bond acceptors (Lipinski definition) is 3. The predicted octanol–water partition coefficient (Wildman–Crippen LogP) is 2.45. The van der Waals surface area contributed by atoms with Crippen molar-refractivity contribution >= 4 is 22.7 Å². The Morgan fingerprint density at radius 2 is 1.52 bits per heavy atom. The van der Waals surface area contributed by atoms with E-state index in [1.165, 1.54) is 24.3 Å². The minimum atomic E-state index is -0.739. The van der Waals surface area contributed by atoms with E-state index in [0.717, 1.165) is 5.39 Å². The maximum atomic E-state index is 13.5. The van der Waals surface area contributed by atoms with Crippen LogP contribution in [0, 0.1) is 5.82 Å². The molecule has 0 saturated carbocycles.